The van der Waals surface area contributed by atoms with Gasteiger partial charge in [0.1, 0.15) is 6.10 Å². The number of amides is 1. The van der Waals surface area contributed by atoms with Crippen molar-refractivity contribution in [3.63, 3.8) is 0 Å². The van der Waals surface area contributed by atoms with Gasteiger partial charge in [-0.25, -0.2) is 4.79 Å². The number of hydrogen-bond acceptors (Lipinski definition) is 3. The van der Waals surface area contributed by atoms with Crippen LogP contribution in [0.3, 0.4) is 0 Å². The van der Waals surface area contributed by atoms with Crippen LogP contribution < -0.4 is 0 Å². The first kappa shape index (κ1) is 20.3. The monoisotopic (exact) mass is 388 g/mol. The quantitative estimate of drug-likeness (QED) is 0.815. The molecule has 25 heavy (non-hydrogen) atoms. The maximum atomic E-state index is 11.7. The van der Waals surface area contributed by atoms with Crippen LogP contribution in [-0.4, -0.2) is 60.3 Å². The van der Waals surface area contributed by atoms with Gasteiger partial charge < -0.3 is 19.6 Å². The lowest BCUT2D eigenvalue weighted by Crippen LogP contribution is -2.45. The van der Waals surface area contributed by atoms with Gasteiger partial charge in [0, 0.05) is 6.54 Å². The Hall–Kier alpha value is -1.01. The normalized spacial score (nSPS) is 25.1. The minimum absolute atomic E-state index is 0.138. The summed E-state index contributed by atoms with van der Waals surface area (Å²) in [6.07, 6.45) is -1.48. The van der Waals surface area contributed by atoms with Crippen molar-refractivity contribution >= 4 is 29.3 Å². The van der Waals surface area contributed by atoms with Crippen LogP contribution in [-0.2, 0) is 4.74 Å². The number of rotatable bonds is 2. The van der Waals surface area contributed by atoms with E-state index in [-0.39, 0.29) is 23.7 Å². The third-order valence-electron chi connectivity index (χ3n) is 4.63. The highest BCUT2D eigenvalue weighted by molar-refractivity contribution is 6.42. The van der Waals surface area contributed by atoms with Gasteiger partial charge >= 0.3 is 6.09 Å². The molecule has 2 rings (SSSR count). The topological polar surface area (TPSA) is 53.0 Å². The zero-order valence-electron chi connectivity index (χ0n) is 15.3. The van der Waals surface area contributed by atoms with Crippen LogP contribution in [0.25, 0.3) is 0 Å². The van der Waals surface area contributed by atoms with Gasteiger partial charge in [-0.15, -0.1) is 0 Å². The van der Waals surface area contributed by atoms with Crippen LogP contribution >= 0.6 is 23.2 Å². The van der Waals surface area contributed by atoms with Crippen LogP contribution in [0, 0.1) is 5.41 Å². The highest BCUT2D eigenvalue weighted by Crippen LogP contribution is 2.37. The molecule has 3 atom stereocenters. The summed E-state index contributed by atoms with van der Waals surface area (Å²) >= 11 is 12.2. The van der Waals surface area contributed by atoms with E-state index in [0.717, 1.165) is 5.56 Å². The molecule has 0 aliphatic carbocycles. The predicted octanol–water partition coefficient (Wildman–Crippen LogP) is 4.39. The average molecular weight is 389 g/mol. The second kappa shape index (κ2) is 7.70. The van der Waals surface area contributed by atoms with E-state index in [0.29, 0.717) is 23.1 Å². The van der Waals surface area contributed by atoms with Crippen LogP contribution in [0.1, 0.15) is 32.4 Å². The third-order valence-corrected chi connectivity index (χ3v) is 5.36. The Morgan fingerprint density at radius 2 is 1.88 bits per heavy atom. The van der Waals surface area contributed by atoms with E-state index < -0.39 is 6.09 Å². The summed E-state index contributed by atoms with van der Waals surface area (Å²) in [7, 11) is 3.85. The van der Waals surface area contributed by atoms with Gasteiger partial charge in [-0.05, 0) is 37.2 Å². The number of ether oxygens (including phenoxy) is 1. The minimum Gasteiger partial charge on any atom is -0.465 e. The molecule has 0 aromatic heterocycles. The zero-order valence-corrected chi connectivity index (χ0v) is 16.8. The standard InChI is InChI=1S/C18H26Cl2N2O3/c1-18(2,3)15-10-22(17(23)24)9-14(21(4)5)16(25-15)11-6-7-12(19)13(20)8-11/h6-8,14-16H,9-10H2,1-5H3,(H,23,24)/t14-,15?,16+/m1/s1. The number of carboxylic acid groups (broad SMARTS) is 1. The van der Waals surface area contributed by atoms with Gasteiger partial charge in [-0.1, -0.05) is 50.0 Å². The van der Waals surface area contributed by atoms with E-state index in [9.17, 15) is 9.90 Å². The molecule has 0 spiro atoms. The van der Waals surface area contributed by atoms with E-state index in [4.69, 9.17) is 27.9 Å². The van der Waals surface area contributed by atoms with Crippen molar-refractivity contribution in [3.05, 3.63) is 33.8 Å². The largest absolute Gasteiger partial charge is 0.465 e. The lowest BCUT2D eigenvalue weighted by Gasteiger charge is -2.35. The molecule has 1 aromatic rings. The third kappa shape index (κ3) is 4.79. The Balaban J connectivity index is 2.48. The summed E-state index contributed by atoms with van der Waals surface area (Å²) in [4.78, 5) is 15.1. The molecule has 1 saturated heterocycles. The Morgan fingerprint density at radius 3 is 2.36 bits per heavy atom. The first-order valence-corrected chi connectivity index (χ1v) is 9.01. The van der Waals surface area contributed by atoms with Crippen molar-refractivity contribution in [3.8, 4) is 0 Å². The molecule has 5 nitrogen and oxygen atoms in total. The summed E-state index contributed by atoms with van der Waals surface area (Å²) in [6, 6.07) is 5.31. The highest BCUT2D eigenvalue weighted by Gasteiger charge is 2.40. The second-order valence-electron chi connectivity index (χ2n) is 7.80. The van der Waals surface area contributed by atoms with E-state index in [2.05, 4.69) is 20.8 Å². The average Bonchev–Trinajstić information content (AvgIpc) is 2.70. The molecule has 1 unspecified atom stereocenters. The van der Waals surface area contributed by atoms with Crippen molar-refractivity contribution in [1.29, 1.82) is 0 Å². The number of nitrogens with zero attached hydrogens (tertiary/aromatic N) is 2. The maximum absolute atomic E-state index is 11.7. The molecule has 1 aliphatic heterocycles. The van der Waals surface area contributed by atoms with Crippen molar-refractivity contribution in [1.82, 2.24) is 9.80 Å². The Morgan fingerprint density at radius 1 is 1.24 bits per heavy atom. The number of hydrogen-bond donors (Lipinski definition) is 1. The van der Waals surface area contributed by atoms with Crippen molar-refractivity contribution in [2.75, 3.05) is 27.2 Å². The van der Waals surface area contributed by atoms with E-state index in [1.165, 1.54) is 4.90 Å². The molecule has 7 heteroatoms. The zero-order chi connectivity index (χ0) is 18.9. The van der Waals surface area contributed by atoms with Gasteiger partial charge in [-0.2, -0.15) is 0 Å². The van der Waals surface area contributed by atoms with Gasteiger partial charge in [-0.3, -0.25) is 0 Å². The van der Waals surface area contributed by atoms with Crippen LogP contribution in [0.5, 0.6) is 0 Å². The first-order chi connectivity index (χ1) is 11.5. The molecular formula is C18H26Cl2N2O3. The maximum Gasteiger partial charge on any atom is 0.407 e. The van der Waals surface area contributed by atoms with Crippen LogP contribution in [0.2, 0.25) is 10.0 Å². The summed E-state index contributed by atoms with van der Waals surface area (Å²) in [5, 5.41) is 10.5. The van der Waals surface area contributed by atoms with E-state index in [1.54, 1.807) is 12.1 Å². The molecule has 1 aromatic carbocycles. The molecule has 0 saturated carbocycles. The lowest BCUT2D eigenvalue weighted by molar-refractivity contribution is -0.0802. The highest BCUT2D eigenvalue weighted by atomic mass is 35.5. The molecule has 0 radical (unpaired) electrons. The number of likely N-dealkylation sites (N-methyl/N-ethyl adjacent to an activating group) is 1. The first-order valence-electron chi connectivity index (χ1n) is 8.25. The molecule has 1 aliphatic rings. The van der Waals surface area contributed by atoms with E-state index in [1.807, 2.05) is 25.1 Å². The summed E-state index contributed by atoms with van der Waals surface area (Å²) in [5.41, 5.74) is 0.693. The van der Waals surface area contributed by atoms with Crippen LogP contribution in [0.15, 0.2) is 18.2 Å². The van der Waals surface area contributed by atoms with Gasteiger partial charge in [0.05, 0.1) is 28.7 Å². The Kier molecular flexibility index (Phi) is 6.26. The SMILES string of the molecule is CN(C)[C@@H]1CN(C(=O)O)CC(C(C)(C)C)O[C@H]1c1ccc(Cl)c(Cl)c1. The van der Waals surface area contributed by atoms with Gasteiger partial charge in [0.15, 0.2) is 0 Å². The lowest BCUT2D eigenvalue weighted by atomic mass is 9.88. The van der Waals surface area contributed by atoms with Gasteiger partial charge in [0.25, 0.3) is 0 Å². The molecule has 1 fully saturated rings. The fourth-order valence-corrected chi connectivity index (χ4v) is 3.27. The Bertz CT molecular complexity index is 631. The predicted molar refractivity (Wildman–Crippen MR) is 101 cm³/mol. The smallest absolute Gasteiger partial charge is 0.407 e. The Labute approximate surface area is 159 Å². The fraction of sp³-hybridized carbons (Fsp3) is 0.611. The minimum atomic E-state index is -0.931. The van der Waals surface area contributed by atoms with Crippen LogP contribution in [0.4, 0.5) is 4.79 Å². The number of benzene rings is 1. The molecule has 140 valence electrons. The van der Waals surface area contributed by atoms with E-state index >= 15 is 0 Å². The summed E-state index contributed by atoms with van der Waals surface area (Å²) < 4.78 is 6.46. The molecular weight excluding hydrogens is 363 g/mol. The molecule has 1 amide bonds. The number of carbonyl (C=O) groups is 1. The van der Waals surface area contributed by atoms with Crippen molar-refractivity contribution in [2.45, 2.75) is 39.0 Å². The summed E-state index contributed by atoms with van der Waals surface area (Å²) in [5.74, 6) is 0. The summed E-state index contributed by atoms with van der Waals surface area (Å²) in [6.45, 7) is 6.86. The van der Waals surface area contributed by atoms with Crippen molar-refractivity contribution < 1.29 is 14.6 Å². The second-order valence-corrected chi connectivity index (χ2v) is 8.62. The fourth-order valence-electron chi connectivity index (χ4n) is 2.97. The number of halogens is 2. The molecule has 1 N–H and O–H groups in total. The molecule has 1 heterocycles. The molecule has 0 bridgehead atoms. The van der Waals surface area contributed by atoms with Crippen molar-refractivity contribution in [2.24, 2.45) is 5.41 Å². The van der Waals surface area contributed by atoms with Gasteiger partial charge in [0.2, 0.25) is 0 Å².